The first kappa shape index (κ1) is 27.5. The Balaban J connectivity index is 1.74. The van der Waals surface area contributed by atoms with E-state index >= 15 is 0 Å². The van der Waals surface area contributed by atoms with Crippen LogP contribution < -0.4 is 14.8 Å². The van der Waals surface area contributed by atoms with Crippen molar-refractivity contribution in [3.05, 3.63) is 69.4 Å². The molecule has 208 valence electrons. The molecule has 0 spiro atoms. The minimum absolute atomic E-state index is 0.00706. The Hall–Kier alpha value is -3.06. The van der Waals surface area contributed by atoms with Gasteiger partial charge in [-0.1, -0.05) is 17.7 Å². The van der Waals surface area contributed by atoms with E-state index in [2.05, 4.69) is 17.6 Å². The standard InChI is InChI=1S/C27H32N5O5S2/c1-5-31-23-7-6-21-17(3)27(23)32(29-31)15-20-14-30(39(35,36)25-12-28-9-8-24(25)37-20)13-19(18(4)38)10-16(2)22(21)11-26(33)34/h6-10,12,20,22,38H,5,11,13-15H2,1-4H3,(H,33,34)/q-1/b16-10+,19-18+/t20-,22+/m0/s1. The average molecular weight is 571 g/mol. The van der Waals surface area contributed by atoms with Gasteiger partial charge in [-0.2, -0.15) is 4.31 Å². The van der Waals surface area contributed by atoms with Crippen molar-refractivity contribution >= 4 is 40.0 Å². The number of thiol groups is 1. The van der Waals surface area contributed by atoms with Gasteiger partial charge in [0, 0.05) is 36.6 Å². The fourth-order valence-corrected chi connectivity index (χ4v) is 7.14. The largest absolute Gasteiger partial charge is 0.486 e. The summed E-state index contributed by atoms with van der Waals surface area (Å²) in [6, 6.07) is 5.54. The van der Waals surface area contributed by atoms with E-state index in [1.54, 1.807) is 13.0 Å². The Bertz CT molecular complexity index is 1490. The van der Waals surface area contributed by atoms with Crippen molar-refractivity contribution in [3.8, 4) is 5.75 Å². The van der Waals surface area contributed by atoms with Gasteiger partial charge in [-0.15, -0.1) is 12.6 Å². The molecule has 1 aromatic carbocycles. The van der Waals surface area contributed by atoms with Gasteiger partial charge in [0.2, 0.25) is 10.0 Å². The highest BCUT2D eigenvalue weighted by atomic mass is 32.2. The lowest BCUT2D eigenvalue weighted by Gasteiger charge is -2.40. The van der Waals surface area contributed by atoms with Crippen molar-refractivity contribution in [3.63, 3.8) is 0 Å². The second kappa shape index (κ2) is 10.5. The maximum absolute atomic E-state index is 13.9. The van der Waals surface area contributed by atoms with Crippen LogP contribution >= 0.6 is 12.6 Å². The number of nitrogens with zero attached hydrogens (tertiary/aromatic N) is 5. The Morgan fingerprint density at radius 2 is 2.03 bits per heavy atom. The molecule has 2 aromatic rings. The first-order valence-corrected chi connectivity index (χ1v) is 14.7. The second-order valence-corrected chi connectivity index (χ2v) is 12.6. The maximum atomic E-state index is 13.9. The number of carbonyl (C=O) groups is 1. The number of carboxylic acids is 1. The lowest BCUT2D eigenvalue weighted by Crippen LogP contribution is -2.43. The number of benzene rings is 1. The third-order valence-corrected chi connectivity index (χ3v) is 9.57. The van der Waals surface area contributed by atoms with Crippen LogP contribution in [0.25, 0.3) is 5.53 Å². The molecular weight excluding hydrogens is 538 g/mol. The summed E-state index contributed by atoms with van der Waals surface area (Å²) < 4.78 is 35.4. The molecule has 4 heterocycles. The number of hydrogen-bond donors (Lipinski definition) is 2. The van der Waals surface area contributed by atoms with Crippen LogP contribution in [0, 0.1) is 6.92 Å². The highest BCUT2D eigenvalue weighted by Gasteiger charge is 2.37. The smallest absolute Gasteiger partial charge is 0.304 e. The number of ether oxygens (including phenoxy) is 1. The number of aromatic nitrogens is 1. The van der Waals surface area contributed by atoms with Gasteiger partial charge in [-0.25, -0.2) is 8.42 Å². The first-order chi connectivity index (χ1) is 18.5. The zero-order chi connectivity index (χ0) is 28.1. The minimum atomic E-state index is -3.96. The van der Waals surface area contributed by atoms with E-state index in [1.165, 1.54) is 16.7 Å². The van der Waals surface area contributed by atoms with Crippen LogP contribution in [-0.4, -0.2) is 61.1 Å². The van der Waals surface area contributed by atoms with Gasteiger partial charge in [-0.3, -0.25) is 9.78 Å². The number of allylic oxidation sites excluding steroid dienone is 2. The number of pyridine rings is 1. The molecule has 0 aliphatic carbocycles. The SMILES string of the molecule is CCN1[N-]N2C[C@@H]3CN(CC(=C(\C)S)/C=C(\C)[C@@H](CC(=O)O)c4ccc1c2c4C)S(=O)(=O)c1cnccc1O3. The van der Waals surface area contributed by atoms with E-state index in [0.717, 1.165) is 28.1 Å². The number of hydrogen-bond acceptors (Lipinski definition) is 8. The van der Waals surface area contributed by atoms with Crippen molar-refractivity contribution in [1.82, 2.24) is 9.29 Å². The third-order valence-electron chi connectivity index (χ3n) is 7.46. The quantitative estimate of drug-likeness (QED) is 0.521. The summed E-state index contributed by atoms with van der Waals surface area (Å²) in [5, 5.41) is 13.6. The summed E-state index contributed by atoms with van der Waals surface area (Å²) in [6.07, 6.45) is 4.04. The van der Waals surface area contributed by atoms with E-state index < -0.39 is 28.0 Å². The van der Waals surface area contributed by atoms with Gasteiger partial charge in [0.15, 0.2) is 0 Å². The lowest BCUT2D eigenvalue weighted by molar-refractivity contribution is -0.137. The summed E-state index contributed by atoms with van der Waals surface area (Å²) in [6.45, 7) is 8.74. The Morgan fingerprint density at radius 1 is 1.26 bits per heavy atom. The van der Waals surface area contributed by atoms with Crippen LogP contribution in [0.1, 0.15) is 44.2 Å². The lowest BCUT2D eigenvalue weighted by atomic mass is 9.84. The van der Waals surface area contributed by atoms with Crippen molar-refractivity contribution < 1.29 is 23.1 Å². The summed E-state index contributed by atoms with van der Waals surface area (Å²) in [5.41, 5.74) is 9.92. The van der Waals surface area contributed by atoms with Gasteiger partial charge in [0.05, 0.1) is 19.2 Å². The fraction of sp³-hybridized carbons (Fsp3) is 0.407. The van der Waals surface area contributed by atoms with E-state index in [1.807, 2.05) is 49.0 Å². The number of sulfonamides is 1. The Kier molecular flexibility index (Phi) is 7.40. The van der Waals surface area contributed by atoms with Crippen molar-refractivity contribution in [1.29, 1.82) is 0 Å². The Labute approximate surface area is 234 Å². The zero-order valence-corrected chi connectivity index (χ0v) is 24.0. The van der Waals surface area contributed by atoms with Crippen molar-refractivity contribution in [2.45, 2.75) is 51.0 Å². The zero-order valence-electron chi connectivity index (χ0n) is 22.3. The number of anilines is 2. The highest BCUT2D eigenvalue weighted by Crippen LogP contribution is 2.47. The molecule has 39 heavy (non-hydrogen) atoms. The number of fused-ring (bicyclic) bond motifs is 4. The van der Waals surface area contributed by atoms with Crippen LogP contribution in [-0.2, 0) is 14.8 Å². The average Bonchev–Trinajstić information content (AvgIpc) is 3.19. The van der Waals surface area contributed by atoms with Gasteiger partial charge >= 0.3 is 5.97 Å². The molecular formula is C27H32N5O5S2-. The van der Waals surface area contributed by atoms with Crippen LogP contribution in [0.2, 0.25) is 0 Å². The monoisotopic (exact) mass is 570 g/mol. The van der Waals surface area contributed by atoms with Crippen molar-refractivity contribution in [2.75, 3.05) is 36.2 Å². The molecule has 1 unspecified atom stereocenters. The number of rotatable bonds is 3. The van der Waals surface area contributed by atoms with E-state index in [-0.39, 0.29) is 36.7 Å². The summed E-state index contributed by atoms with van der Waals surface area (Å²) in [7, 11) is -3.96. The molecule has 1 aromatic heterocycles. The molecule has 5 rings (SSSR count). The molecule has 3 aliphatic heterocycles. The molecule has 3 aliphatic rings. The molecule has 10 nitrogen and oxygen atoms in total. The molecule has 4 bridgehead atoms. The summed E-state index contributed by atoms with van der Waals surface area (Å²) >= 11 is 4.59. The molecule has 0 fully saturated rings. The Morgan fingerprint density at radius 3 is 2.72 bits per heavy atom. The third kappa shape index (κ3) is 5.02. The van der Waals surface area contributed by atoms with Crippen LogP contribution in [0.5, 0.6) is 5.75 Å². The van der Waals surface area contributed by atoms with Gasteiger partial charge in [0.25, 0.3) is 0 Å². The maximum Gasteiger partial charge on any atom is 0.304 e. The fourth-order valence-electron chi connectivity index (χ4n) is 5.50. The van der Waals surface area contributed by atoms with Gasteiger partial charge < -0.3 is 25.4 Å². The molecule has 0 amide bonds. The van der Waals surface area contributed by atoms with E-state index in [0.29, 0.717) is 17.0 Å². The predicted molar refractivity (Wildman–Crippen MR) is 153 cm³/mol. The molecule has 0 saturated heterocycles. The first-order valence-electron chi connectivity index (χ1n) is 12.8. The highest BCUT2D eigenvalue weighted by molar-refractivity contribution is 7.89. The number of aliphatic carboxylic acids is 1. The minimum Gasteiger partial charge on any atom is -0.486 e. The van der Waals surface area contributed by atoms with Crippen LogP contribution in [0.15, 0.2) is 57.6 Å². The van der Waals surface area contributed by atoms with E-state index in [4.69, 9.17) is 10.3 Å². The summed E-state index contributed by atoms with van der Waals surface area (Å²) in [4.78, 5) is 16.7. The second-order valence-electron chi connectivity index (χ2n) is 10.0. The normalized spacial score (nSPS) is 26.6. The molecule has 0 radical (unpaired) electrons. The molecule has 1 N–H and O–H groups in total. The summed E-state index contributed by atoms with van der Waals surface area (Å²) in [5.74, 6) is -1.09. The van der Waals surface area contributed by atoms with Crippen LogP contribution in [0.4, 0.5) is 11.4 Å². The molecule has 0 saturated carbocycles. The van der Waals surface area contributed by atoms with Crippen molar-refractivity contribution in [2.24, 2.45) is 0 Å². The van der Waals surface area contributed by atoms with Gasteiger partial charge in [0.1, 0.15) is 16.7 Å². The molecule has 12 heteroatoms. The van der Waals surface area contributed by atoms with Gasteiger partial charge in [-0.05, 0) is 68.0 Å². The van der Waals surface area contributed by atoms with Crippen LogP contribution in [0.3, 0.4) is 0 Å². The topological polar surface area (TPSA) is 117 Å². The molecule has 3 atom stereocenters. The predicted octanol–water partition coefficient (Wildman–Crippen LogP) is 4.41. The van der Waals surface area contributed by atoms with E-state index in [9.17, 15) is 18.3 Å². The number of carboxylic acid groups (broad SMARTS) is 1.